The Morgan fingerprint density at radius 2 is 2.15 bits per heavy atom. The maximum atomic E-state index is 12.7. The molecule has 1 N–H and O–H groups in total. The molecule has 1 amide bonds. The van der Waals surface area contributed by atoms with Crippen LogP contribution < -0.4 is 10.2 Å². The summed E-state index contributed by atoms with van der Waals surface area (Å²) in [7, 11) is 0. The van der Waals surface area contributed by atoms with E-state index in [0.717, 1.165) is 36.4 Å². The zero-order chi connectivity index (χ0) is 13.9. The van der Waals surface area contributed by atoms with Crippen molar-refractivity contribution in [1.82, 2.24) is 4.98 Å². The number of amides is 1. The molecule has 0 bridgehead atoms. The SMILES string of the molecule is Cc1cncc(C(=O)N2CCCNc3ccccc32)c1. The van der Waals surface area contributed by atoms with Gasteiger partial charge in [0.2, 0.25) is 0 Å². The van der Waals surface area contributed by atoms with Crippen LogP contribution in [0.25, 0.3) is 0 Å². The van der Waals surface area contributed by atoms with Gasteiger partial charge < -0.3 is 10.2 Å². The number of benzene rings is 1. The molecule has 1 aliphatic heterocycles. The molecule has 0 radical (unpaired) electrons. The van der Waals surface area contributed by atoms with E-state index in [1.807, 2.05) is 42.2 Å². The smallest absolute Gasteiger partial charge is 0.259 e. The van der Waals surface area contributed by atoms with Crippen molar-refractivity contribution in [2.24, 2.45) is 0 Å². The molecule has 0 spiro atoms. The van der Waals surface area contributed by atoms with E-state index in [2.05, 4.69) is 10.3 Å². The molecule has 0 unspecified atom stereocenters. The minimum absolute atomic E-state index is 0.0114. The lowest BCUT2D eigenvalue weighted by Gasteiger charge is -2.22. The van der Waals surface area contributed by atoms with Gasteiger partial charge in [-0.2, -0.15) is 0 Å². The first kappa shape index (κ1) is 12.7. The Labute approximate surface area is 118 Å². The second kappa shape index (κ2) is 5.33. The molecule has 1 aliphatic rings. The number of aromatic nitrogens is 1. The van der Waals surface area contributed by atoms with Crippen LogP contribution in [0.3, 0.4) is 0 Å². The van der Waals surface area contributed by atoms with Gasteiger partial charge >= 0.3 is 0 Å². The van der Waals surface area contributed by atoms with Crippen molar-refractivity contribution in [2.45, 2.75) is 13.3 Å². The van der Waals surface area contributed by atoms with Gasteiger partial charge in [-0.25, -0.2) is 0 Å². The normalized spacial score (nSPS) is 14.2. The van der Waals surface area contributed by atoms with Crippen LogP contribution in [0.4, 0.5) is 11.4 Å². The molecule has 1 aromatic carbocycles. The van der Waals surface area contributed by atoms with Gasteiger partial charge in [-0.1, -0.05) is 12.1 Å². The number of anilines is 2. The number of fused-ring (bicyclic) bond motifs is 1. The lowest BCUT2D eigenvalue weighted by molar-refractivity contribution is 0.0987. The summed E-state index contributed by atoms with van der Waals surface area (Å²) in [6.45, 7) is 3.55. The molecule has 4 heteroatoms. The third-order valence-corrected chi connectivity index (χ3v) is 3.44. The molecule has 1 aromatic heterocycles. The number of carbonyl (C=O) groups is 1. The number of aryl methyl sites for hydroxylation is 1. The number of nitrogens with one attached hydrogen (secondary N) is 1. The molecule has 3 rings (SSSR count). The Hall–Kier alpha value is -2.36. The van der Waals surface area contributed by atoms with Gasteiger partial charge in [-0.3, -0.25) is 9.78 Å². The first-order chi connectivity index (χ1) is 9.75. The first-order valence-electron chi connectivity index (χ1n) is 6.82. The minimum atomic E-state index is 0.0114. The third-order valence-electron chi connectivity index (χ3n) is 3.44. The van der Waals surface area contributed by atoms with Crippen molar-refractivity contribution in [2.75, 3.05) is 23.3 Å². The zero-order valence-electron chi connectivity index (χ0n) is 11.5. The van der Waals surface area contributed by atoms with Crippen LogP contribution in [0.15, 0.2) is 42.7 Å². The van der Waals surface area contributed by atoms with Crippen molar-refractivity contribution in [3.05, 3.63) is 53.9 Å². The average Bonchev–Trinajstić information content (AvgIpc) is 2.69. The number of rotatable bonds is 1. The van der Waals surface area contributed by atoms with Crippen molar-refractivity contribution in [3.63, 3.8) is 0 Å². The number of para-hydroxylation sites is 2. The number of hydrogen-bond donors (Lipinski definition) is 1. The Morgan fingerprint density at radius 1 is 1.30 bits per heavy atom. The highest BCUT2D eigenvalue weighted by atomic mass is 16.2. The quantitative estimate of drug-likeness (QED) is 0.864. The van der Waals surface area contributed by atoms with E-state index in [4.69, 9.17) is 0 Å². The summed E-state index contributed by atoms with van der Waals surface area (Å²) in [5, 5.41) is 3.36. The maximum absolute atomic E-state index is 12.7. The van der Waals surface area contributed by atoms with Gasteiger partial charge in [0.1, 0.15) is 0 Å². The van der Waals surface area contributed by atoms with E-state index in [9.17, 15) is 4.79 Å². The molecule has 0 saturated carbocycles. The maximum Gasteiger partial charge on any atom is 0.259 e. The third kappa shape index (κ3) is 2.37. The zero-order valence-corrected chi connectivity index (χ0v) is 11.5. The summed E-state index contributed by atoms with van der Waals surface area (Å²) in [6, 6.07) is 9.81. The predicted molar refractivity (Wildman–Crippen MR) is 80.2 cm³/mol. The largest absolute Gasteiger partial charge is 0.383 e. The van der Waals surface area contributed by atoms with E-state index in [-0.39, 0.29) is 5.91 Å². The highest BCUT2D eigenvalue weighted by Gasteiger charge is 2.22. The van der Waals surface area contributed by atoms with Crippen LogP contribution >= 0.6 is 0 Å². The number of pyridine rings is 1. The van der Waals surface area contributed by atoms with E-state index in [1.165, 1.54) is 0 Å². The van der Waals surface area contributed by atoms with Crippen LogP contribution in [0.2, 0.25) is 0 Å². The highest BCUT2D eigenvalue weighted by molar-refractivity contribution is 6.07. The summed E-state index contributed by atoms with van der Waals surface area (Å²) in [4.78, 5) is 18.7. The summed E-state index contributed by atoms with van der Waals surface area (Å²) >= 11 is 0. The topological polar surface area (TPSA) is 45.2 Å². The van der Waals surface area contributed by atoms with Crippen molar-refractivity contribution >= 4 is 17.3 Å². The number of carbonyl (C=O) groups excluding carboxylic acids is 1. The van der Waals surface area contributed by atoms with E-state index < -0.39 is 0 Å². The van der Waals surface area contributed by atoms with Crippen LogP contribution in [0.5, 0.6) is 0 Å². The predicted octanol–water partition coefficient (Wildman–Crippen LogP) is 2.85. The van der Waals surface area contributed by atoms with Crippen LogP contribution in [-0.4, -0.2) is 24.0 Å². The lowest BCUT2D eigenvalue weighted by Crippen LogP contribution is -2.31. The Morgan fingerprint density at radius 3 is 3.00 bits per heavy atom. The van der Waals surface area contributed by atoms with Crippen molar-refractivity contribution in [3.8, 4) is 0 Å². The standard InChI is InChI=1S/C16H17N3O/c1-12-9-13(11-17-10-12)16(20)19-8-4-7-18-14-5-2-3-6-15(14)19/h2-3,5-6,9-11,18H,4,7-8H2,1H3. The van der Waals surface area contributed by atoms with E-state index >= 15 is 0 Å². The Bertz CT molecular complexity index is 639. The van der Waals surface area contributed by atoms with Crippen molar-refractivity contribution < 1.29 is 4.79 Å². The molecular weight excluding hydrogens is 250 g/mol. The molecule has 0 fully saturated rings. The average molecular weight is 267 g/mol. The number of nitrogens with zero attached hydrogens (tertiary/aromatic N) is 2. The molecule has 2 aromatic rings. The highest BCUT2D eigenvalue weighted by Crippen LogP contribution is 2.29. The number of hydrogen-bond acceptors (Lipinski definition) is 3. The van der Waals surface area contributed by atoms with Gasteiger partial charge in [0.25, 0.3) is 5.91 Å². The molecule has 102 valence electrons. The molecular formula is C16H17N3O. The summed E-state index contributed by atoms with van der Waals surface area (Å²) in [5.41, 5.74) is 3.59. The van der Waals surface area contributed by atoms with E-state index in [1.54, 1.807) is 12.4 Å². The Kier molecular flexibility index (Phi) is 3.37. The summed E-state index contributed by atoms with van der Waals surface area (Å²) < 4.78 is 0. The minimum Gasteiger partial charge on any atom is -0.383 e. The molecule has 0 aliphatic carbocycles. The Balaban J connectivity index is 1.99. The molecule has 0 saturated heterocycles. The van der Waals surface area contributed by atoms with Gasteiger partial charge in [-0.15, -0.1) is 0 Å². The molecule has 4 nitrogen and oxygen atoms in total. The van der Waals surface area contributed by atoms with Gasteiger partial charge in [0.05, 0.1) is 16.9 Å². The fourth-order valence-electron chi connectivity index (χ4n) is 2.48. The van der Waals surface area contributed by atoms with Gasteiger partial charge in [0.15, 0.2) is 0 Å². The fourth-order valence-corrected chi connectivity index (χ4v) is 2.48. The second-order valence-corrected chi connectivity index (χ2v) is 5.01. The lowest BCUT2D eigenvalue weighted by atomic mass is 10.1. The molecule has 0 atom stereocenters. The molecule has 20 heavy (non-hydrogen) atoms. The summed E-state index contributed by atoms with van der Waals surface area (Å²) in [6.07, 6.45) is 4.32. The van der Waals surface area contributed by atoms with Gasteiger partial charge in [-0.05, 0) is 37.1 Å². The van der Waals surface area contributed by atoms with Crippen molar-refractivity contribution in [1.29, 1.82) is 0 Å². The molecule has 2 heterocycles. The summed E-state index contributed by atoms with van der Waals surface area (Å²) in [5.74, 6) is 0.0114. The van der Waals surface area contributed by atoms with Gasteiger partial charge in [0, 0.05) is 25.5 Å². The second-order valence-electron chi connectivity index (χ2n) is 5.01. The monoisotopic (exact) mass is 267 g/mol. The van der Waals surface area contributed by atoms with E-state index in [0.29, 0.717) is 5.56 Å². The first-order valence-corrected chi connectivity index (χ1v) is 6.82. The van der Waals surface area contributed by atoms with Crippen LogP contribution in [0, 0.1) is 6.92 Å². The van der Waals surface area contributed by atoms with Crippen LogP contribution in [-0.2, 0) is 0 Å². The fraction of sp³-hybridized carbons (Fsp3) is 0.250. The van der Waals surface area contributed by atoms with Crippen LogP contribution in [0.1, 0.15) is 22.3 Å².